The topological polar surface area (TPSA) is 49.9 Å². The van der Waals surface area contributed by atoms with E-state index in [-0.39, 0.29) is 5.75 Å². The average molecular weight is 399 g/mol. The predicted molar refractivity (Wildman–Crippen MR) is 103 cm³/mol. The highest BCUT2D eigenvalue weighted by Gasteiger charge is 2.45. The Balaban J connectivity index is 1.48. The number of benzene rings is 1. The Kier molecular flexibility index (Phi) is 5.58. The fourth-order valence-corrected chi connectivity index (χ4v) is 6.71. The normalized spacial score (nSPS) is 31.0. The molecular formula is C19H27ClN2O3S. The van der Waals surface area contributed by atoms with Gasteiger partial charge in [-0.25, -0.2) is 12.7 Å². The molecule has 0 amide bonds. The Labute approximate surface area is 161 Å². The Bertz CT molecular complexity index is 705. The average Bonchev–Trinajstić information content (AvgIpc) is 2.63. The van der Waals surface area contributed by atoms with Gasteiger partial charge in [0, 0.05) is 37.2 Å². The van der Waals surface area contributed by atoms with Gasteiger partial charge in [0.1, 0.15) is 0 Å². The van der Waals surface area contributed by atoms with E-state index in [2.05, 4.69) is 4.90 Å². The zero-order chi connectivity index (χ0) is 18.1. The van der Waals surface area contributed by atoms with Crippen LogP contribution in [0.1, 0.15) is 24.8 Å². The fraction of sp³-hybridized carbons (Fsp3) is 0.684. The van der Waals surface area contributed by atoms with E-state index in [9.17, 15) is 8.42 Å². The predicted octanol–water partition coefficient (Wildman–Crippen LogP) is 2.60. The van der Waals surface area contributed by atoms with Crippen molar-refractivity contribution in [2.45, 2.75) is 31.1 Å². The first-order valence-electron chi connectivity index (χ1n) is 9.57. The highest BCUT2D eigenvalue weighted by Crippen LogP contribution is 2.39. The smallest absolute Gasteiger partial charge is 0.218 e. The molecule has 1 saturated carbocycles. The van der Waals surface area contributed by atoms with Gasteiger partial charge >= 0.3 is 0 Å². The van der Waals surface area contributed by atoms with Crippen LogP contribution >= 0.6 is 11.6 Å². The summed E-state index contributed by atoms with van der Waals surface area (Å²) >= 11 is 5.91. The lowest BCUT2D eigenvalue weighted by Gasteiger charge is -2.51. The van der Waals surface area contributed by atoms with Crippen molar-refractivity contribution in [1.82, 2.24) is 9.21 Å². The molecule has 1 aliphatic carbocycles. The number of sulfonamides is 1. The van der Waals surface area contributed by atoms with Crippen LogP contribution in [0.5, 0.6) is 0 Å². The van der Waals surface area contributed by atoms with Crippen LogP contribution in [0.2, 0.25) is 5.02 Å². The van der Waals surface area contributed by atoms with E-state index >= 15 is 0 Å². The second kappa shape index (κ2) is 7.76. The maximum atomic E-state index is 13.0. The van der Waals surface area contributed by atoms with E-state index in [0.29, 0.717) is 36.0 Å². The number of rotatable bonds is 4. The van der Waals surface area contributed by atoms with E-state index in [0.717, 1.165) is 44.7 Å². The molecule has 144 valence electrons. The maximum absolute atomic E-state index is 13.0. The number of fused-ring (bicyclic) bond motifs is 2. The van der Waals surface area contributed by atoms with E-state index in [1.807, 2.05) is 0 Å². The van der Waals surface area contributed by atoms with Crippen molar-refractivity contribution < 1.29 is 13.2 Å². The van der Waals surface area contributed by atoms with E-state index in [1.54, 1.807) is 28.6 Å². The van der Waals surface area contributed by atoms with Crippen LogP contribution in [-0.4, -0.2) is 63.1 Å². The zero-order valence-corrected chi connectivity index (χ0v) is 16.6. The molecule has 26 heavy (non-hydrogen) atoms. The molecule has 2 saturated heterocycles. The molecule has 3 fully saturated rings. The first kappa shape index (κ1) is 18.7. The third-order valence-corrected chi connectivity index (χ3v) is 8.15. The van der Waals surface area contributed by atoms with Crippen molar-refractivity contribution in [1.29, 1.82) is 0 Å². The molecule has 3 aliphatic rings. The quantitative estimate of drug-likeness (QED) is 0.782. The van der Waals surface area contributed by atoms with Crippen LogP contribution < -0.4 is 0 Å². The second-order valence-corrected chi connectivity index (χ2v) is 10.2. The number of nitrogens with zero attached hydrogens (tertiary/aromatic N) is 2. The molecule has 0 aromatic heterocycles. The third-order valence-electron chi connectivity index (χ3n) is 6.12. The van der Waals surface area contributed by atoms with E-state index < -0.39 is 10.0 Å². The lowest BCUT2D eigenvalue weighted by Crippen LogP contribution is -2.61. The van der Waals surface area contributed by atoms with Crippen LogP contribution in [0.25, 0.3) is 0 Å². The molecule has 2 bridgehead atoms. The zero-order valence-electron chi connectivity index (χ0n) is 15.0. The summed E-state index contributed by atoms with van der Waals surface area (Å²) in [4.78, 5) is 2.56. The molecule has 4 rings (SSSR count). The SMILES string of the molecule is O=S(=O)(Cc1ccc(Cl)cc1)N1C[C@H]2CCC[C@H](C1)C2N1CCOCC1. The molecule has 1 aromatic carbocycles. The number of hydrogen-bond acceptors (Lipinski definition) is 4. The van der Waals surface area contributed by atoms with Crippen molar-refractivity contribution in [2.75, 3.05) is 39.4 Å². The van der Waals surface area contributed by atoms with Gasteiger partial charge in [-0.1, -0.05) is 30.2 Å². The number of morpholine rings is 1. The van der Waals surface area contributed by atoms with Gasteiger partial charge in [-0.2, -0.15) is 0 Å². The minimum atomic E-state index is -3.30. The van der Waals surface area contributed by atoms with Gasteiger partial charge in [0.05, 0.1) is 19.0 Å². The van der Waals surface area contributed by atoms with Crippen molar-refractivity contribution >= 4 is 21.6 Å². The summed E-state index contributed by atoms with van der Waals surface area (Å²) in [5, 5.41) is 0.631. The molecule has 0 N–H and O–H groups in total. The van der Waals surface area contributed by atoms with Gasteiger partial charge < -0.3 is 4.74 Å². The Morgan fingerprint density at radius 1 is 1.04 bits per heavy atom. The number of hydrogen-bond donors (Lipinski definition) is 0. The Morgan fingerprint density at radius 2 is 1.65 bits per heavy atom. The fourth-order valence-electron chi connectivity index (χ4n) is 4.95. The molecular weight excluding hydrogens is 372 g/mol. The van der Waals surface area contributed by atoms with Crippen LogP contribution in [0, 0.1) is 11.8 Å². The summed E-state index contributed by atoms with van der Waals surface area (Å²) in [5.41, 5.74) is 0.801. The third kappa shape index (κ3) is 3.94. The van der Waals surface area contributed by atoms with Crippen LogP contribution in [-0.2, 0) is 20.5 Å². The second-order valence-electron chi connectivity index (χ2n) is 7.79. The molecule has 2 heterocycles. The van der Waals surface area contributed by atoms with Crippen molar-refractivity contribution in [3.05, 3.63) is 34.9 Å². The van der Waals surface area contributed by atoms with Gasteiger partial charge in [0.25, 0.3) is 0 Å². The summed E-state index contributed by atoms with van der Waals surface area (Å²) in [6, 6.07) is 7.65. The van der Waals surface area contributed by atoms with E-state index in [1.165, 1.54) is 6.42 Å². The summed E-state index contributed by atoms with van der Waals surface area (Å²) < 4.78 is 33.3. The van der Waals surface area contributed by atoms with Crippen molar-refractivity contribution in [3.63, 3.8) is 0 Å². The van der Waals surface area contributed by atoms with Crippen molar-refractivity contribution in [2.24, 2.45) is 11.8 Å². The van der Waals surface area contributed by atoms with Gasteiger partial charge in [0.15, 0.2) is 0 Å². The summed E-state index contributed by atoms with van der Waals surface area (Å²) in [7, 11) is -3.30. The molecule has 0 radical (unpaired) electrons. The van der Waals surface area contributed by atoms with Crippen LogP contribution in [0.4, 0.5) is 0 Å². The highest BCUT2D eigenvalue weighted by atomic mass is 35.5. The van der Waals surface area contributed by atoms with Gasteiger partial charge in [0.2, 0.25) is 10.0 Å². The first-order valence-corrected chi connectivity index (χ1v) is 11.6. The van der Waals surface area contributed by atoms with Crippen LogP contribution in [0.3, 0.4) is 0 Å². The Hall–Kier alpha value is -0.660. The van der Waals surface area contributed by atoms with Gasteiger partial charge in [-0.3, -0.25) is 4.90 Å². The molecule has 2 atom stereocenters. The maximum Gasteiger partial charge on any atom is 0.218 e. The monoisotopic (exact) mass is 398 g/mol. The molecule has 0 spiro atoms. The molecule has 0 unspecified atom stereocenters. The number of piperidine rings is 1. The number of halogens is 1. The lowest BCUT2D eigenvalue weighted by molar-refractivity contribution is -0.0480. The van der Waals surface area contributed by atoms with Gasteiger partial charge in [-0.15, -0.1) is 0 Å². The summed E-state index contributed by atoms with van der Waals surface area (Å²) in [6.07, 6.45) is 3.48. The molecule has 1 aromatic rings. The molecule has 7 heteroatoms. The van der Waals surface area contributed by atoms with Crippen LogP contribution in [0.15, 0.2) is 24.3 Å². The minimum Gasteiger partial charge on any atom is -0.379 e. The van der Waals surface area contributed by atoms with Crippen molar-refractivity contribution in [3.8, 4) is 0 Å². The summed E-state index contributed by atoms with van der Waals surface area (Å²) in [6.45, 7) is 4.89. The Morgan fingerprint density at radius 3 is 2.27 bits per heavy atom. The van der Waals surface area contributed by atoms with Gasteiger partial charge in [-0.05, 0) is 42.4 Å². The lowest BCUT2D eigenvalue weighted by atomic mass is 9.73. The highest BCUT2D eigenvalue weighted by molar-refractivity contribution is 7.88. The largest absolute Gasteiger partial charge is 0.379 e. The summed E-state index contributed by atoms with van der Waals surface area (Å²) in [5.74, 6) is 0.951. The number of ether oxygens (including phenoxy) is 1. The molecule has 2 aliphatic heterocycles. The first-order chi connectivity index (χ1) is 12.5. The molecule has 5 nitrogen and oxygen atoms in total. The van der Waals surface area contributed by atoms with E-state index in [4.69, 9.17) is 16.3 Å². The standard InChI is InChI=1S/C19H27ClN2O3S/c20-18-6-4-15(5-7-18)14-26(23,24)22-12-16-2-1-3-17(13-22)19(16)21-8-10-25-11-9-21/h4-7,16-17,19H,1-3,8-14H2/t16-,17-/m1/s1. The minimum absolute atomic E-state index is 0.0613.